The number of fused-ring (bicyclic) bond motifs is 1. The summed E-state index contributed by atoms with van der Waals surface area (Å²) in [6.07, 6.45) is 7.58. The first kappa shape index (κ1) is 25.5. The Labute approximate surface area is 212 Å². The zero-order chi connectivity index (χ0) is 26.7. The number of aromatic nitrogens is 3. The zero-order valence-corrected chi connectivity index (χ0v) is 20.7. The monoisotopic (exact) mass is 509 g/mol. The van der Waals surface area contributed by atoms with E-state index in [0.29, 0.717) is 33.8 Å². The number of urea groups is 1. The van der Waals surface area contributed by atoms with Crippen LogP contribution in [0, 0.1) is 11.6 Å². The molecule has 3 aromatic rings. The van der Waals surface area contributed by atoms with Gasteiger partial charge in [0, 0.05) is 60.3 Å². The van der Waals surface area contributed by atoms with Crippen LogP contribution in [0.5, 0.6) is 11.5 Å². The highest BCUT2D eigenvalue weighted by atomic mass is 19.1. The molecule has 1 aromatic carbocycles. The van der Waals surface area contributed by atoms with Crippen molar-refractivity contribution in [2.45, 2.75) is 20.0 Å². The van der Waals surface area contributed by atoms with E-state index >= 15 is 8.78 Å². The van der Waals surface area contributed by atoms with E-state index in [-0.39, 0.29) is 24.6 Å². The fraction of sp³-hybridized carbons (Fsp3) is 0.240. The number of halogens is 2. The molecule has 0 saturated carbocycles. The molecule has 192 valence electrons. The van der Waals surface area contributed by atoms with Crippen LogP contribution in [0.15, 0.2) is 47.7 Å². The molecule has 12 heteroatoms. The molecule has 0 bridgehead atoms. The highest BCUT2D eigenvalue weighted by Crippen LogP contribution is 2.41. The van der Waals surface area contributed by atoms with Gasteiger partial charge >= 0.3 is 6.03 Å². The molecule has 0 aliphatic carbocycles. The number of carbonyl (C=O) groups is 1. The number of benzene rings is 1. The number of methoxy groups -OCH3 is 2. The van der Waals surface area contributed by atoms with E-state index in [2.05, 4.69) is 19.9 Å². The second-order valence-corrected chi connectivity index (χ2v) is 8.14. The summed E-state index contributed by atoms with van der Waals surface area (Å²) in [5.74, 6) is -2.60. The summed E-state index contributed by atoms with van der Waals surface area (Å²) in [6.45, 7) is 1.58. The molecule has 2 amide bonds. The molecule has 0 unspecified atom stereocenters. The van der Waals surface area contributed by atoms with Crippen molar-refractivity contribution >= 4 is 29.2 Å². The van der Waals surface area contributed by atoms with Gasteiger partial charge in [0.15, 0.2) is 23.1 Å². The normalized spacial score (nSPS) is 14.1. The Morgan fingerprint density at radius 1 is 1.14 bits per heavy atom. The number of nitrogens with zero attached hydrogens (tertiary/aromatic N) is 6. The van der Waals surface area contributed by atoms with E-state index in [4.69, 9.17) is 15.2 Å². The molecule has 0 saturated heterocycles. The first-order chi connectivity index (χ1) is 17.8. The first-order valence-electron chi connectivity index (χ1n) is 11.1. The minimum absolute atomic E-state index is 0.0273. The molecule has 10 nitrogen and oxygen atoms in total. The van der Waals surface area contributed by atoms with Gasteiger partial charge in [-0.1, -0.05) is 0 Å². The number of amides is 2. The maximum Gasteiger partial charge on any atom is 0.329 e. The van der Waals surface area contributed by atoms with Crippen molar-refractivity contribution < 1.29 is 23.0 Å². The molecule has 0 spiro atoms. The van der Waals surface area contributed by atoms with Gasteiger partial charge in [-0.25, -0.2) is 23.5 Å². The Balaban J connectivity index is 1.90. The molecular weight excluding hydrogens is 484 g/mol. The van der Waals surface area contributed by atoms with Gasteiger partial charge in [-0.3, -0.25) is 19.8 Å². The summed E-state index contributed by atoms with van der Waals surface area (Å²) < 4.78 is 40.9. The van der Waals surface area contributed by atoms with E-state index in [1.54, 1.807) is 38.6 Å². The van der Waals surface area contributed by atoms with Gasteiger partial charge in [-0.15, -0.1) is 0 Å². The molecule has 2 N–H and O–H groups in total. The molecule has 3 heterocycles. The van der Waals surface area contributed by atoms with Crippen LogP contribution in [0.2, 0.25) is 0 Å². The lowest BCUT2D eigenvalue weighted by Gasteiger charge is -2.37. The standard InChI is InChI=1S/C25H25F2N7O3/c1-14(28)17(10-29-2)18-5-19-16(9-32-18)12-34(25(35)33(19)11-15-7-30-13-31-8-15)24-22(26)20(36-3)6-21(37-4)23(24)27/h5-10,13H,11-12,28H2,1-4H3. The van der Waals surface area contributed by atoms with E-state index in [1.165, 1.54) is 31.6 Å². The maximum atomic E-state index is 15.4. The fourth-order valence-electron chi connectivity index (χ4n) is 4.01. The second-order valence-electron chi connectivity index (χ2n) is 8.14. The van der Waals surface area contributed by atoms with Gasteiger partial charge in [0.1, 0.15) is 12.0 Å². The zero-order valence-electron chi connectivity index (χ0n) is 20.7. The molecule has 37 heavy (non-hydrogen) atoms. The van der Waals surface area contributed by atoms with Crippen LogP contribution in [-0.4, -0.2) is 48.5 Å². The van der Waals surface area contributed by atoms with E-state index in [1.807, 2.05) is 0 Å². The van der Waals surface area contributed by atoms with Crippen LogP contribution in [0.25, 0.3) is 5.57 Å². The van der Waals surface area contributed by atoms with Gasteiger partial charge in [-0.2, -0.15) is 0 Å². The average Bonchev–Trinajstić information content (AvgIpc) is 2.90. The number of rotatable bonds is 7. The molecule has 0 atom stereocenters. The number of aliphatic imine (C=N–C) groups is 1. The van der Waals surface area contributed by atoms with Crippen LogP contribution in [-0.2, 0) is 13.1 Å². The average molecular weight is 510 g/mol. The Kier molecular flexibility index (Phi) is 7.27. The van der Waals surface area contributed by atoms with Crippen LogP contribution < -0.4 is 25.0 Å². The van der Waals surface area contributed by atoms with Crippen molar-refractivity contribution in [3.05, 3.63) is 71.2 Å². The van der Waals surface area contributed by atoms with Crippen LogP contribution in [0.3, 0.4) is 0 Å². The highest BCUT2D eigenvalue weighted by molar-refractivity contribution is 6.11. The quantitative estimate of drug-likeness (QED) is 0.482. The van der Waals surface area contributed by atoms with Crippen LogP contribution >= 0.6 is 0 Å². The molecule has 0 fully saturated rings. The lowest BCUT2D eigenvalue weighted by Crippen LogP contribution is -2.47. The Bertz CT molecular complexity index is 1360. The summed E-state index contributed by atoms with van der Waals surface area (Å²) >= 11 is 0. The van der Waals surface area contributed by atoms with Gasteiger partial charge in [0.25, 0.3) is 0 Å². The fourth-order valence-corrected chi connectivity index (χ4v) is 4.01. The minimum Gasteiger partial charge on any atom is -0.493 e. The van der Waals surface area contributed by atoms with Crippen LogP contribution in [0.1, 0.15) is 23.7 Å². The predicted octanol–water partition coefficient (Wildman–Crippen LogP) is 3.70. The highest BCUT2D eigenvalue weighted by Gasteiger charge is 2.37. The maximum absolute atomic E-state index is 15.4. The van der Waals surface area contributed by atoms with Crippen molar-refractivity contribution in [2.24, 2.45) is 10.7 Å². The summed E-state index contributed by atoms with van der Waals surface area (Å²) in [7, 11) is 4.09. The predicted molar refractivity (Wildman–Crippen MR) is 135 cm³/mol. The smallest absolute Gasteiger partial charge is 0.329 e. The van der Waals surface area contributed by atoms with Gasteiger partial charge < -0.3 is 15.2 Å². The van der Waals surface area contributed by atoms with E-state index in [9.17, 15) is 4.79 Å². The van der Waals surface area contributed by atoms with Crippen molar-refractivity contribution in [2.75, 3.05) is 31.1 Å². The van der Waals surface area contributed by atoms with E-state index < -0.39 is 23.4 Å². The molecule has 0 radical (unpaired) electrons. The largest absolute Gasteiger partial charge is 0.493 e. The summed E-state index contributed by atoms with van der Waals surface area (Å²) in [6, 6.07) is 2.10. The van der Waals surface area contributed by atoms with Gasteiger partial charge in [0.05, 0.1) is 38.7 Å². The lowest BCUT2D eigenvalue weighted by molar-refractivity contribution is 0.249. The minimum atomic E-state index is -1.03. The molecule has 1 aliphatic rings. The number of nitrogens with two attached hydrogens (primary N) is 1. The third kappa shape index (κ3) is 4.77. The Hall–Kier alpha value is -4.61. The van der Waals surface area contributed by atoms with E-state index in [0.717, 1.165) is 11.0 Å². The number of ether oxygens (including phenoxy) is 2. The molecular formula is C25H25F2N7O3. The topological polar surface area (TPSA) is 119 Å². The number of allylic oxidation sites excluding steroid dienone is 2. The third-order valence-corrected chi connectivity index (χ3v) is 5.78. The van der Waals surface area contributed by atoms with Crippen molar-refractivity contribution in [3.63, 3.8) is 0 Å². The van der Waals surface area contributed by atoms with Crippen molar-refractivity contribution in [1.29, 1.82) is 0 Å². The Morgan fingerprint density at radius 2 is 1.78 bits per heavy atom. The van der Waals surface area contributed by atoms with Crippen molar-refractivity contribution in [3.8, 4) is 11.5 Å². The number of anilines is 2. The molecule has 2 aromatic heterocycles. The summed E-state index contributed by atoms with van der Waals surface area (Å²) in [4.78, 5) is 32.7. The molecule has 4 rings (SSSR count). The van der Waals surface area contributed by atoms with Gasteiger partial charge in [-0.05, 0) is 13.0 Å². The number of pyridine rings is 1. The van der Waals surface area contributed by atoms with Gasteiger partial charge in [0.2, 0.25) is 0 Å². The number of hydrogen-bond acceptors (Lipinski definition) is 8. The SMILES string of the molecule is CN=CC(=C(C)N)c1cc2c(cn1)CN(c1c(F)c(OC)cc(OC)c1F)C(=O)N2Cc1cncnc1. The Morgan fingerprint density at radius 3 is 2.35 bits per heavy atom. The second kappa shape index (κ2) is 10.6. The summed E-state index contributed by atoms with van der Waals surface area (Å²) in [5, 5.41) is 0. The third-order valence-electron chi connectivity index (χ3n) is 5.78. The molecule has 1 aliphatic heterocycles. The van der Waals surface area contributed by atoms with Crippen molar-refractivity contribution in [1.82, 2.24) is 15.0 Å². The summed E-state index contributed by atoms with van der Waals surface area (Å²) in [5.41, 5.74) is 8.64. The number of hydrogen-bond donors (Lipinski definition) is 1. The number of carbonyl (C=O) groups excluding carboxylic acids is 1. The first-order valence-corrected chi connectivity index (χ1v) is 11.1. The van der Waals surface area contributed by atoms with Crippen LogP contribution in [0.4, 0.5) is 25.0 Å². The lowest BCUT2D eigenvalue weighted by atomic mass is 10.0.